The summed E-state index contributed by atoms with van der Waals surface area (Å²) in [5.41, 5.74) is 6.59. The topological polar surface area (TPSA) is 82.0 Å². The average molecular weight is 376 g/mol. The number of aromatic nitrogens is 2. The number of benzene rings is 1. The van der Waals surface area contributed by atoms with Crippen molar-refractivity contribution in [2.24, 2.45) is 11.7 Å². The summed E-state index contributed by atoms with van der Waals surface area (Å²) in [5.74, 6) is 1.07. The lowest BCUT2D eigenvalue weighted by molar-refractivity contribution is 0.102. The van der Waals surface area contributed by atoms with Gasteiger partial charge in [0, 0.05) is 10.6 Å². The van der Waals surface area contributed by atoms with E-state index in [4.69, 9.17) is 21.8 Å². The number of ketones is 1. The number of Topliss-reactive ketones (excluding diaryl/α,β-unsaturated/α-hetero) is 1. The predicted molar refractivity (Wildman–Crippen MR) is 94.4 cm³/mol. The van der Waals surface area contributed by atoms with Crippen LogP contribution >= 0.6 is 35.8 Å². The molecular formula is C15H19Cl2N3O2S. The van der Waals surface area contributed by atoms with Crippen LogP contribution < -0.4 is 5.73 Å². The molecule has 0 fully saturated rings. The lowest BCUT2D eigenvalue weighted by atomic mass is 10.1. The van der Waals surface area contributed by atoms with Gasteiger partial charge in [-0.1, -0.05) is 37.2 Å². The molecule has 1 atom stereocenters. The first-order valence-electron chi connectivity index (χ1n) is 6.96. The molecule has 0 saturated heterocycles. The molecule has 0 aliphatic carbocycles. The van der Waals surface area contributed by atoms with Gasteiger partial charge in [-0.05, 0) is 36.6 Å². The van der Waals surface area contributed by atoms with E-state index in [9.17, 15) is 4.79 Å². The maximum atomic E-state index is 12.0. The fourth-order valence-corrected chi connectivity index (χ4v) is 2.67. The van der Waals surface area contributed by atoms with E-state index in [1.165, 1.54) is 11.8 Å². The molecule has 0 aliphatic heterocycles. The normalized spacial score (nSPS) is 12.0. The van der Waals surface area contributed by atoms with Gasteiger partial charge in [-0.3, -0.25) is 4.79 Å². The molecule has 126 valence electrons. The molecule has 0 unspecified atom stereocenters. The maximum absolute atomic E-state index is 12.0. The first-order valence-corrected chi connectivity index (χ1v) is 8.32. The summed E-state index contributed by atoms with van der Waals surface area (Å²) in [6, 6.07) is 6.50. The van der Waals surface area contributed by atoms with E-state index >= 15 is 0 Å². The van der Waals surface area contributed by atoms with Gasteiger partial charge in [0.1, 0.15) is 0 Å². The fourth-order valence-electron chi connectivity index (χ4n) is 1.88. The highest BCUT2D eigenvalue weighted by Crippen LogP contribution is 2.23. The van der Waals surface area contributed by atoms with Crippen LogP contribution in [0.2, 0.25) is 5.02 Å². The zero-order valence-electron chi connectivity index (χ0n) is 12.9. The smallest absolute Gasteiger partial charge is 0.277 e. The van der Waals surface area contributed by atoms with Gasteiger partial charge < -0.3 is 10.2 Å². The third-order valence-electron chi connectivity index (χ3n) is 2.96. The first-order chi connectivity index (χ1) is 10.5. The monoisotopic (exact) mass is 375 g/mol. The Kier molecular flexibility index (Phi) is 8.05. The van der Waals surface area contributed by atoms with E-state index in [0.29, 0.717) is 27.6 Å². The van der Waals surface area contributed by atoms with Crippen molar-refractivity contribution in [3.63, 3.8) is 0 Å². The van der Waals surface area contributed by atoms with Crippen molar-refractivity contribution in [1.29, 1.82) is 0 Å². The Morgan fingerprint density at radius 3 is 2.57 bits per heavy atom. The number of carbonyl (C=O) groups is 1. The minimum absolute atomic E-state index is 0. The number of hydrogen-bond donors (Lipinski definition) is 1. The minimum Gasteiger partial charge on any atom is -0.414 e. The summed E-state index contributed by atoms with van der Waals surface area (Å²) in [6.45, 7) is 4.16. The molecule has 2 N–H and O–H groups in total. The molecule has 0 bridgehead atoms. The highest BCUT2D eigenvalue weighted by atomic mass is 35.5. The van der Waals surface area contributed by atoms with Crippen molar-refractivity contribution in [3.8, 4) is 0 Å². The zero-order chi connectivity index (χ0) is 16.1. The molecule has 23 heavy (non-hydrogen) atoms. The van der Waals surface area contributed by atoms with Crippen LogP contribution in [0.15, 0.2) is 33.9 Å². The van der Waals surface area contributed by atoms with Gasteiger partial charge in [0.2, 0.25) is 5.89 Å². The van der Waals surface area contributed by atoms with Gasteiger partial charge in [0.25, 0.3) is 5.22 Å². The number of hydrogen-bond acceptors (Lipinski definition) is 6. The van der Waals surface area contributed by atoms with Gasteiger partial charge in [0.15, 0.2) is 5.78 Å². The molecule has 8 heteroatoms. The van der Waals surface area contributed by atoms with Crippen molar-refractivity contribution in [2.75, 3.05) is 5.75 Å². The number of carbonyl (C=O) groups excluding carboxylic acids is 1. The predicted octanol–water partition coefficient (Wildman–Crippen LogP) is 4.17. The number of halogens is 2. The molecule has 1 heterocycles. The van der Waals surface area contributed by atoms with Crippen molar-refractivity contribution in [2.45, 2.75) is 31.5 Å². The van der Waals surface area contributed by atoms with Crippen molar-refractivity contribution in [3.05, 3.63) is 40.7 Å². The van der Waals surface area contributed by atoms with Gasteiger partial charge >= 0.3 is 0 Å². The molecule has 0 spiro atoms. The van der Waals surface area contributed by atoms with E-state index < -0.39 is 0 Å². The molecule has 1 aromatic carbocycles. The summed E-state index contributed by atoms with van der Waals surface area (Å²) in [4.78, 5) is 12.0. The quantitative estimate of drug-likeness (QED) is 0.577. The Morgan fingerprint density at radius 1 is 1.30 bits per heavy atom. The van der Waals surface area contributed by atoms with Gasteiger partial charge in [-0.2, -0.15) is 0 Å². The highest BCUT2D eigenvalue weighted by Gasteiger charge is 2.17. The molecule has 0 saturated carbocycles. The maximum Gasteiger partial charge on any atom is 0.277 e. The van der Waals surface area contributed by atoms with Gasteiger partial charge in [-0.25, -0.2) is 0 Å². The van der Waals surface area contributed by atoms with E-state index in [2.05, 4.69) is 24.0 Å². The molecule has 0 amide bonds. The van der Waals surface area contributed by atoms with Crippen LogP contribution in [-0.2, 0) is 0 Å². The third-order valence-corrected chi connectivity index (χ3v) is 4.03. The van der Waals surface area contributed by atoms with Crippen LogP contribution in [0.5, 0.6) is 0 Å². The van der Waals surface area contributed by atoms with Gasteiger partial charge in [-0.15, -0.1) is 22.6 Å². The van der Waals surface area contributed by atoms with Crippen LogP contribution in [0.25, 0.3) is 0 Å². The van der Waals surface area contributed by atoms with Crippen molar-refractivity contribution in [1.82, 2.24) is 10.2 Å². The molecule has 2 aromatic rings. The Hall–Kier alpha value is -1.08. The lowest BCUT2D eigenvalue weighted by Crippen LogP contribution is -2.13. The minimum atomic E-state index is -0.270. The second-order valence-electron chi connectivity index (χ2n) is 5.36. The Balaban J connectivity index is 0.00000264. The molecular weight excluding hydrogens is 357 g/mol. The molecule has 1 aromatic heterocycles. The van der Waals surface area contributed by atoms with Crippen molar-refractivity contribution < 1.29 is 9.21 Å². The van der Waals surface area contributed by atoms with E-state index in [-0.39, 0.29) is 30.0 Å². The summed E-state index contributed by atoms with van der Waals surface area (Å²) in [7, 11) is 0. The van der Waals surface area contributed by atoms with Crippen molar-refractivity contribution >= 4 is 41.6 Å². The standard InChI is InChI=1S/C15H18ClN3O2S.ClH/c1-9(2)7-12(17)14-18-19-15(21-14)22-8-13(20)10-3-5-11(16)6-4-10;/h3-6,9,12H,7-8,17H2,1-2H3;1H/t12-;/m0./s1. The SMILES string of the molecule is CC(C)C[C@H](N)c1nnc(SCC(=O)c2ccc(Cl)cc2)o1.Cl. The summed E-state index contributed by atoms with van der Waals surface area (Å²) < 4.78 is 5.49. The first kappa shape index (κ1) is 20.0. The summed E-state index contributed by atoms with van der Waals surface area (Å²) in [6.07, 6.45) is 0.774. The Bertz CT molecular complexity index is 632. The number of rotatable bonds is 7. The van der Waals surface area contributed by atoms with E-state index in [1.807, 2.05) is 0 Å². The molecule has 2 rings (SSSR count). The van der Waals surface area contributed by atoms with E-state index in [0.717, 1.165) is 6.42 Å². The average Bonchev–Trinajstić information content (AvgIpc) is 2.94. The Labute approximate surface area is 150 Å². The largest absolute Gasteiger partial charge is 0.414 e. The zero-order valence-corrected chi connectivity index (χ0v) is 15.2. The second kappa shape index (κ2) is 9.27. The lowest BCUT2D eigenvalue weighted by Gasteiger charge is -2.08. The number of nitrogens with two attached hydrogens (primary N) is 1. The highest BCUT2D eigenvalue weighted by molar-refractivity contribution is 7.99. The third kappa shape index (κ3) is 6.14. The van der Waals surface area contributed by atoms with Gasteiger partial charge in [0.05, 0.1) is 11.8 Å². The van der Waals surface area contributed by atoms with E-state index in [1.54, 1.807) is 24.3 Å². The molecule has 0 radical (unpaired) electrons. The van der Waals surface area contributed by atoms with Crippen LogP contribution in [0.1, 0.15) is 42.6 Å². The molecule has 0 aliphatic rings. The number of thioether (sulfide) groups is 1. The second-order valence-corrected chi connectivity index (χ2v) is 6.72. The van der Waals surface area contributed by atoms with Crippen LogP contribution in [0.3, 0.4) is 0 Å². The fraction of sp³-hybridized carbons (Fsp3) is 0.400. The summed E-state index contributed by atoms with van der Waals surface area (Å²) in [5, 5.41) is 8.82. The van der Waals surface area contributed by atoms with Crippen LogP contribution in [0.4, 0.5) is 0 Å². The summed E-state index contributed by atoms with van der Waals surface area (Å²) >= 11 is 7.00. The Morgan fingerprint density at radius 2 is 1.96 bits per heavy atom. The van der Waals surface area contributed by atoms with Crippen LogP contribution in [0, 0.1) is 5.92 Å². The number of nitrogens with zero attached hydrogens (tertiary/aromatic N) is 2. The molecule has 5 nitrogen and oxygen atoms in total. The van der Waals surface area contributed by atoms with Crippen LogP contribution in [-0.4, -0.2) is 21.7 Å².